The molecule has 0 atom stereocenters. The van der Waals surface area contributed by atoms with Gasteiger partial charge in [-0.05, 0) is 53.1 Å². The highest BCUT2D eigenvalue weighted by Crippen LogP contribution is 2.39. The first kappa shape index (κ1) is 16.8. The van der Waals surface area contributed by atoms with E-state index in [1.807, 2.05) is 18.3 Å². The van der Waals surface area contributed by atoms with Crippen LogP contribution in [0.2, 0.25) is 0 Å². The Morgan fingerprint density at radius 1 is 0.862 bits per heavy atom. The number of rotatable bonds is 2. The lowest BCUT2D eigenvalue weighted by molar-refractivity contribution is 0.357. The fourth-order valence-electron chi connectivity index (χ4n) is 4.29. The fourth-order valence-corrected chi connectivity index (χ4v) is 4.91. The zero-order valence-electron chi connectivity index (χ0n) is 15.6. The van der Waals surface area contributed by atoms with E-state index in [0.717, 1.165) is 51.2 Å². The Balaban J connectivity index is 1.65. The molecule has 2 aromatic heterocycles. The molecular formula is C25H17BrN2O. The average Bonchev–Trinajstić information content (AvgIpc) is 3.35. The maximum atomic E-state index is 5.81. The number of pyridine rings is 1. The molecule has 140 valence electrons. The largest absolute Gasteiger partial charge is 0.493 e. The van der Waals surface area contributed by atoms with Gasteiger partial charge >= 0.3 is 0 Å². The van der Waals surface area contributed by atoms with Gasteiger partial charge in [0.2, 0.25) is 0 Å². The third-order valence-corrected chi connectivity index (χ3v) is 6.30. The lowest BCUT2D eigenvalue weighted by atomic mass is 10.0. The zero-order valence-corrected chi connectivity index (χ0v) is 17.2. The third kappa shape index (κ3) is 2.60. The summed E-state index contributed by atoms with van der Waals surface area (Å²) in [6.45, 7) is 0.762. The van der Waals surface area contributed by atoms with Crippen LogP contribution in [0.5, 0.6) is 5.75 Å². The summed E-state index contributed by atoms with van der Waals surface area (Å²) in [6, 6.07) is 25.5. The highest BCUT2D eigenvalue weighted by Gasteiger charge is 2.18. The van der Waals surface area contributed by atoms with Crippen LogP contribution in [0.25, 0.3) is 38.8 Å². The summed E-state index contributed by atoms with van der Waals surface area (Å²) in [7, 11) is 0. The van der Waals surface area contributed by atoms with Crippen molar-refractivity contribution in [2.24, 2.45) is 0 Å². The number of fused-ring (bicyclic) bond motifs is 4. The lowest BCUT2D eigenvalue weighted by Crippen LogP contribution is -1.96. The molecule has 0 unspecified atom stereocenters. The van der Waals surface area contributed by atoms with E-state index in [2.05, 4.69) is 86.1 Å². The fraction of sp³-hybridized carbons (Fsp3) is 0.0800. The van der Waals surface area contributed by atoms with Gasteiger partial charge in [0.05, 0.1) is 17.6 Å². The van der Waals surface area contributed by atoms with Crippen molar-refractivity contribution >= 4 is 37.7 Å². The van der Waals surface area contributed by atoms with E-state index in [4.69, 9.17) is 4.74 Å². The molecule has 3 aromatic carbocycles. The average molecular weight is 441 g/mol. The highest BCUT2D eigenvalue weighted by molar-refractivity contribution is 9.10. The minimum absolute atomic E-state index is 0.762. The lowest BCUT2D eigenvalue weighted by Gasteiger charge is -2.10. The van der Waals surface area contributed by atoms with Crippen molar-refractivity contribution in [2.45, 2.75) is 6.42 Å². The minimum Gasteiger partial charge on any atom is -0.493 e. The molecule has 3 nitrogen and oxygen atoms in total. The zero-order chi connectivity index (χ0) is 19.4. The van der Waals surface area contributed by atoms with Crippen LogP contribution < -0.4 is 4.74 Å². The smallest absolute Gasteiger partial charge is 0.137 e. The van der Waals surface area contributed by atoms with Gasteiger partial charge in [0, 0.05) is 27.9 Å². The van der Waals surface area contributed by atoms with Crippen LogP contribution >= 0.6 is 15.9 Å². The van der Waals surface area contributed by atoms with Crippen LogP contribution in [0.15, 0.2) is 83.5 Å². The quantitative estimate of drug-likeness (QED) is 0.311. The predicted octanol–water partition coefficient (Wildman–Crippen LogP) is 6.54. The molecule has 6 rings (SSSR count). The van der Waals surface area contributed by atoms with E-state index < -0.39 is 0 Å². The number of halogens is 1. The SMILES string of the molecule is Brc1cc2c(cc1-c1ccc3c4ccccc4n(-c4ccccn4)c3c1)OCC2. The van der Waals surface area contributed by atoms with Crippen molar-refractivity contribution in [3.05, 3.63) is 89.0 Å². The predicted molar refractivity (Wildman–Crippen MR) is 121 cm³/mol. The van der Waals surface area contributed by atoms with Gasteiger partial charge in [0.1, 0.15) is 11.6 Å². The van der Waals surface area contributed by atoms with Gasteiger partial charge < -0.3 is 4.74 Å². The van der Waals surface area contributed by atoms with Crippen molar-refractivity contribution in [3.8, 4) is 22.7 Å². The summed E-state index contributed by atoms with van der Waals surface area (Å²) in [6.07, 6.45) is 2.81. The van der Waals surface area contributed by atoms with E-state index in [-0.39, 0.29) is 0 Å². The Morgan fingerprint density at radius 3 is 2.62 bits per heavy atom. The molecule has 0 bridgehead atoms. The number of nitrogens with zero attached hydrogens (tertiary/aromatic N) is 2. The molecule has 0 radical (unpaired) electrons. The maximum Gasteiger partial charge on any atom is 0.137 e. The van der Waals surface area contributed by atoms with E-state index >= 15 is 0 Å². The molecule has 5 aromatic rings. The highest BCUT2D eigenvalue weighted by atomic mass is 79.9. The van der Waals surface area contributed by atoms with Crippen LogP contribution in [0.3, 0.4) is 0 Å². The number of benzene rings is 3. The van der Waals surface area contributed by atoms with Gasteiger partial charge in [-0.25, -0.2) is 4.98 Å². The topological polar surface area (TPSA) is 27.1 Å². The van der Waals surface area contributed by atoms with Crippen molar-refractivity contribution in [3.63, 3.8) is 0 Å². The Bertz CT molecular complexity index is 1390. The van der Waals surface area contributed by atoms with Gasteiger partial charge in [-0.2, -0.15) is 0 Å². The number of ether oxygens (including phenoxy) is 1. The molecule has 3 heterocycles. The van der Waals surface area contributed by atoms with Gasteiger partial charge in [0.25, 0.3) is 0 Å². The molecule has 1 aliphatic rings. The van der Waals surface area contributed by atoms with Crippen molar-refractivity contribution in [1.82, 2.24) is 9.55 Å². The maximum absolute atomic E-state index is 5.81. The molecule has 0 aliphatic carbocycles. The van der Waals surface area contributed by atoms with E-state index in [1.54, 1.807) is 0 Å². The second-order valence-electron chi connectivity index (χ2n) is 7.31. The standard InChI is InChI=1S/C25H17BrN2O/c26-21-13-17-10-12-29-24(17)15-20(21)16-8-9-19-18-5-1-2-6-22(18)28(23(19)14-16)25-7-3-4-11-27-25/h1-9,11,13-15H,10,12H2. The van der Waals surface area contributed by atoms with Gasteiger partial charge in [-0.1, -0.05) is 52.3 Å². The molecule has 0 saturated heterocycles. The third-order valence-electron chi connectivity index (χ3n) is 5.64. The van der Waals surface area contributed by atoms with E-state index in [0.29, 0.717) is 0 Å². The summed E-state index contributed by atoms with van der Waals surface area (Å²) < 4.78 is 9.15. The van der Waals surface area contributed by atoms with Crippen molar-refractivity contribution in [2.75, 3.05) is 6.61 Å². The molecule has 4 heteroatoms. The van der Waals surface area contributed by atoms with Gasteiger partial charge in [-0.3, -0.25) is 4.57 Å². The number of aromatic nitrogens is 2. The molecule has 0 spiro atoms. The Labute approximate surface area is 176 Å². The second kappa shape index (κ2) is 6.46. The van der Waals surface area contributed by atoms with Crippen LogP contribution in [0, 0.1) is 0 Å². The van der Waals surface area contributed by atoms with Crippen LogP contribution in [0.1, 0.15) is 5.56 Å². The minimum atomic E-state index is 0.762. The number of hydrogen-bond acceptors (Lipinski definition) is 2. The summed E-state index contributed by atoms with van der Waals surface area (Å²) in [4.78, 5) is 4.62. The van der Waals surface area contributed by atoms with Gasteiger partial charge in [0.15, 0.2) is 0 Å². The molecular weight excluding hydrogens is 424 g/mol. The summed E-state index contributed by atoms with van der Waals surface area (Å²) in [5.74, 6) is 1.92. The molecule has 0 saturated carbocycles. The van der Waals surface area contributed by atoms with Crippen molar-refractivity contribution < 1.29 is 4.74 Å². The Morgan fingerprint density at radius 2 is 1.72 bits per heavy atom. The Hall–Kier alpha value is -3.11. The first-order valence-corrected chi connectivity index (χ1v) is 10.5. The molecule has 1 aliphatic heterocycles. The summed E-state index contributed by atoms with van der Waals surface area (Å²) in [5.41, 5.74) is 5.88. The number of para-hydroxylation sites is 1. The van der Waals surface area contributed by atoms with E-state index in [9.17, 15) is 0 Å². The molecule has 0 fully saturated rings. The van der Waals surface area contributed by atoms with Crippen LogP contribution in [-0.4, -0.2) is 16.2 Å². The monoisotopic (exact) mass is 440 g/mol. The number of hydrogen-bond donors (Lipinski definition) is 0. The van der Waals surface area contributed by atoms with Crippen LogP contribution in [-0.2, 0) is 6.42 Å². The first-order valence-electron chi connectivity index (χ1n) is 9.70. The van der Waals surface area contributed by atoms with Gasteiger partial charge in [-0.15, -0.1) is 0 Å². The second-order valence-corrected chi connectivity index (χ2v) is 8.16. The first-order chi connectivity index (χ1) is 14.3. The van der Waals surface area contributed by atoms with Crippen molar-refractivity contribution in [1.29, 1.82) is 0 Å². The van der Waals surface area contributed by atoms with E-state index in [1.165, 1.54) is 16.3 Å². The molecule has 0 N–H and O–H groups in total. The molecule has 0 amide bonds. The normalized spacial score (nSPS) is 13.0. The summed E-state index contributed by atoms with van der Waals surface area (Å²) in [5, 5.41) is 2.46. The summed E-state index contributed by atoms with van der Waals surface area (Å²) >= 11 is 3.77. The Kier molecular flexibility index (Phi) is 3.74. The van der Waals surface area contributed by atoms with Crippen LogP contribution in [0.4, 0.5) is 0 Å². The molecule has 29 heavy (non-hydrogen) atoms.